The lowest BCUT2D eigenvalue weighted by molar-refractivity contribution is 0.224. The Morgan fingerprint density at radius 3 is 2.10 bits per heavy atom. The number of nitrogens with one attached hydrogen (secondary N) is 1. The van der Waals surface area contributed by atoms with Crippen molar-refractivity contribution in [2.45, 2.75) is 12.0 Å². The molecule has 1 aliphatic rings. The molecule has 1 saturated heterocycles. The molecule has 1 aliphatic heterocycles. The molecule has 0 amide bonds. The van der Waals surface area contributed by atoms with Gasteiger partial charge in [-0.15, -0.1) is 0 Å². The summed E-state index contributed by atoms with van der Waals surface area (Å²) in [5.74, 6) is 0.288. The SMILES string of the molecule is C#CN1CCNCC1C(c1ccccc1)c1ccccc1. The molecule has 2 aromatic rings. The van der Waals surface area contributed by atoms with Gasteiger partial charge in [-0.3, -0.25) is 0 Å². The Kier molecular flexibility index (Phi) is 4.23. The zero-order valence-corrected chi connectivity index (χ0v) is 12.1. The highest BCUT2D eigenvalue weighted by Crippen LogP contribution is 2.31. The van der Waals surface area contributed by atoms with Gasteiger partial charge in [0.25, 0.3) is 0 Å². The molecule has 1 N–H and O–H groups in total. The fraction of sp³-hybridized carbons (Fsp3) is 0.263. The van der Waals surface area contributed by atoms with Crippen LogP contribution in [0.5, 0.6) is 0 Å². The van der Waals surface area contributed by atoms with E-state index in [1.54, 1.807) is 0 Å². The van der Waals surface area contributed by atoms with E-state index >= 15 is 0 Å². The number of piperazine rings is 1. The van der Waals surface area contributed by atoms with Gasteiger partial charge in [-0.2, -0.15) is 0 Å². The van der Waals surface area contributed by atoms with Crippen LogP contribution in [0.4, 0.5) is 0 Å². The predicted molar refractivity (Wildman–Crippen MR) is 86.9 cm³/mol. The van der Waals surface area contributed by atoms with Crippen molar-refractivity contribution in [3.05, 3.63) is 71.8 Å². The van der Waals surface area contributed by atoms with Crippen LogP contribution in [0.3, 0.4) is 0 Å². The highest BCUT2D eigenvalue weighted by molar-refractivity contribution is 5.35. The molecule has 2 heteroatoms. The third-order valence-electron chi connectivity index (χ3n) is 4.15. The van der Waals surface area contributed by atoms with Gasteiger partial charge in [-0.1, -0.05) is 67.1 Å². The van der Waals surface area contributed by atoms with Crippen LogP contribution in [0.25, 0.3) is 0 Å². The maximum atomic E-state index is 5.74. The predicted octanol–water partition coefficient (Wildman–Crippen LogP) is 2.68. The Labute approximate surface area is 126 Å². The maximum absolute atomic E-state index is 5.74. The van der Waals surface area contributed by atoms with Crippen molar-refractivity contribution >= 4 is 0 Å². The summed E-state index contributed by atoms with van der Waals surface area (Å²) in [6.45, 7) is 2.77. The molecule has 1 heterocycles. The molecule has 0 spiro atoms. The van der Waals surface area contributed by atoms with Gasteiger partial charge >= 0.3 is 0 Å². The van der Waals surface area contributed by atoms with E-state index in [1.165, 1.54) is 11.1 Å². The fourth-order valence-electron chi connectivity index (χ4n) is 3.14. The standard InChI is InChI=1S/C19H20N2/c1-2-21-14-13-20-15-18(21)19(16-9-5-3-6-10-16)17-11-7-4-8-12-17/h1,3-12,18-20H,13-15H2. The van der Waals surface area contributed by atoms with E-state index in [4.69, 9.17) is 6.42 Å². The number of terminal acetylenes is 1. The first-order valence-electron chi connectivity index (χ1n) is 7.43. The van der Waals surface area contributed by atoms with Crippen LogP contribution >= 0.6 is 0 Å². The van der Waals surface area contributed by atoms with Crippen molar-refractivity contribution in [3.8, 4) is 12.5 Å². The van der Waals surface area contributed by atoms with E-state index in [2.05, 4.69) is 76.9 Å². The molecule has 2 nitrogen and oxygen atoms in total. The number of hydrogen-bond donors (Lipinski definition) is 1. The number of benzene rings is 2. The van der Waals surface area contributed by atoms with Gasteiger partial charge in [-0.05, 0) is 11.1 Å². The summed E-state index contributed by atoms with van der Waals surface area (Å²) in [6, 6.07) is 24.4. The second-order valence-electron chi connectivity index (χ2n) is 5.39. The van der Waals surface area contributed by atoms with E-state index in [1.807, 2.05) is 0 Å². The first-order chi connectivity index (χ1) is 10.4. The van der Waals surface area contributed by atoms with Crippen molar-refractivity contribution in [3.63, 3.8) is 0 Å². The number of rotatable bonds is 3. The Morgan fingerprint density at radius 1 is 1.00 bits per heavy atom. The minimum Gasteiger partial charge on any atom is -0.326 e. The summed E-state index contributed by atoms with van der Waals surface area (Å²) >= 11 is 0. The van der Waals surface area contributed by atoms with Crippen molar-refractivity contribution in [2.24, 2.45) is 0 Å². The van der Waals surface area contributed by atoms with Crippen LogP contribution in [0.2, 0.25) is 0 Å². The third kappa shape index (κ3) is 2.94. The van der Waals surface area contributed by atoms with E-state index in [-0.39, 0.29) is 12.0 Å². The van der Waals surface area contributed by atoms with Gasteiger partial charge in [-0.25, -0.2) is 0 Å². The largest absolute Gasteiger partial charge is 0.326 e. The summed E-state index contributed by atoms with van der Waals surface area (Å²) in [5.41, 5.74) is 2.63. The van der Waals surface area contributed by atoms with Crippen molar-refractivity contribution < 1.29 is 0 Å². The van der Waals surface area contributed by atoms with Gasteiger partial charge in [0, 0.05) is 31.6 Å². The van der Waals surface area contributed by atoms with Crippen molar-refractivity contribution in [2.75, 3.05) is 19.6 Å². The zero-order chi connectivity index (χ0) is 14.5. The minimum atomic E-state index is 0.286. The molecule has 2 aromatic carbocycles. The molecule has 0 bridgehead atoms. The van der Waals surface area contributed by atoms with Crippen LogP contribution in [-0.2, 0) is 0 Å². The summed E-state index contributed by atoms with van der Waals surface area (Å²) in [7, 11) is 0. The smallest absolute Gasteiger partial charge is 0.0605 e. The molecular formula is C19H20N2. The molecule has 0 saturated carbocycles. The normalized spacial score (nSPS) is 18.5. The minimum absolute atomic E-state index is 0.286. The Balaban J connectivity index is 2.02. The molecule has 106 valence electrons. The molecular weight excluding hydrogens is 256 g/mol. The van der Waals surface area contributed by atoms with Gasteiger partial charge in [0.05, 0.1) is 6.04 Å². The molecule has 0 aliphatic carbocycles. The quantitative estimate of drug-likeness (QED) is 0.867. The Morgan fingerprint density at radius 2 is 1.57 bits per heavy atom. The average molecular weight is 276 g/mol. The van der Waals surface area contributed by atoms with Crippen molar-refractivity contribution in [1.82, 2.24) is 10.2 Å². The first-order valence-corrected chi connectivity index (χ1v) is 7.43. The lowest BCUT2D eigenvalue weighted by Crippen LogP contribution is -2.51. The molecule has 21 heavy (non-hydrogen) atoms. The van der Waals surface area contributed by atoms with Gasteiger partial charge in [0.15, 0.2) is 0 Å². The van der Waals surface area contributed by atoms with Crippen LogP contribution in [-0.4, -0.2) is 30.6 Å². The zero-order valence-electron chi connectivity index (χ0n) is 12.1. The Hall–Kier alpha value is -2.24. The van der Waals surface area contributed by atoms with Crippen LogP contribution in [0, 0.1) is 12.5 Å². The van der Waals surface area contributed by atoms with Gasteiger partial charge in [0.1, 0.15) is 0 Å². The lowest BCUT2D eigenvalue weighted by Gasteiger charge is -2.39. The maximum Gasteiger partial charge on any atom is 0.0605 e. The van der Waals surface area contributed by atoms with Crippen molar-refractivity contribution in [1.29, 1.82) is 0 Å². The molecule has 0 radical (unpaired) electrons. The van der Waals surface area contributed by atoms with Gasteiger partial charge in [0.2, 0.25) is 0 Å². The fourth-order valence-corrected chi connectivity index (χ4v) is 3.14. The second kappa shape index (κ2) is 6.47. The summed E-state index contributed by atoms with van der Waals surface area (Å²) in [6.07, 6.45) is 5.74. The topological polar surface area (TPSA) is 15.3 Å². The molecule has 0 aromatic heterocycles. The number of hydrogen-bond acceptors (Lipinski definition) is 2. The monoisotopic (exact) mass is 276 g/mol. The van der Waals surface area contributed by atoms with E-state index in [0.717, 1.165) is 19.6 Å². The summed E-state index contributed by atoms with van der Waals surface area (Å²) in [5, 5.41) is 3.48. The highest BCUT2D eigenvalue weighted by atomic mass is 15.2. The number of nitrogens with zero attached hydrogens (tertiary/aromatic N) is 1. The lowest BCUT2D eigenvalue weighted by atomic mass is 9.83. The van der Waals surface area contributed by atoms with Crippen LogP contribution in [0.1, 0.15) is 17.0 Å². The molecule has 1 fully saturated rings. The average Bonchev–Trinajstić information content (AvgIpc) is 2.58. The highest BCUT2D eigenvalue weighted by Gasteiger charge is 2.30. The van der Waals surface area contributed by atoms with E-state index in [0.29, 0.717) is 0 Å². The van der Waals surface area contributed by atoms with Crippen LogP contribution < -0.4 is 5.32 Å². The molecule has 1 atom stereocenters. The van der Waals surface area contributed by atoms with Gasteiger partial charge < -0.3 is 10.2 Å². The second-order valence-corrected chi connectivity index (χ2v) is 5.39. The molecule has 3 rings (SSSR count). The van der Waals surface area contributed by atoms with E-state index in [9.17, 15) is 0 Å². The summed E-state index contributed by atoms with van der Waals surface area (Å²) in [4.78, 5) is 2.14. The van der Waals surface area contributed by atoms with Crippen LogP contribution in [0.15, 0.2) is 60.7 Å². The third-order valence-corrected chi connectivity index (χ3v) is 4.15. The first kappa shape index (κ1) is 13.7. The molecule has 1 unspecified atom stereocenters. The summed E-state index contributed by atoms with van der Waals surface area (Å²) < 4.78 is 0. The Bertz CT molecular complexity index is 561. The van der Waals surface area contributed by atoms with E-state index < -0.39 is 0 Å².